The largest absolute Gasteiger partial charge is 0.283 e. The highest BCUT2D eigenvalue weighted by atomic mass is 15.6. The van der Waals surface area contributed by atoms with Gasteiger partial charge >= 0.3 is 0 Å². The lowest BCUT2D eigenvalue weighted by Gasteiger charge is -1.96. The van der Waals surface area contributed by atoms with Gasteiger partial charge in [0.15, 0.2) is 0 Å². The number of allylic oxidation sites excluding steroid dienone is 6. The van der Waals surface area contributed by atoms with Crippen LogP contribution in [0.25, 0.3) is 0 Å². The standard InChI is InChI=1S/C7H7N3/c1-2-4-6(3-1)7-5-8-10-9-7/h1-5,9-10H. The van der Waals surface area contributed by atoms with E-state index < -0.39 is 0 Å². The lowest BCUT2D eigenvalue weighted by Crippen LogP contribution is -2.19. The molecule has 0 radical (unpaired) electrons. The molecule has 0 unspecified atom stereocenters. The highest BCUT2D eigenvalue weighted by Gasteiger charge is 2.03. The van der Waals surface area contributed by atoms with E-state index in [1.165, 1.54) is 0 Å². The maximum Gasteiger partial charge on any atom is 0.0829 e. The van der Waals surface area contributed by atoms with Crippen molar-refractivity contribution in [1.82, 2.24) is 11.0 Å². The normalized spacial score (nSPS) is 20.0. The Morgan fingerprint density at radius 2 is 2.00 bits per heavy atom. The fourth-order valence-electron chi connectivity index (χ4n) is 0.922. The summed E-state index contributed by atoms with van der Waals surface area (Å²) in [5.41, 5.74) is 7.73. The Bertz CT molecular complexity index is 244. The smallest absolute Gasteiger partial charge is 0.0829 e. The highest BCUT2D eigenvalue weighted by molar-refractivity contribution is 5.82. The van der Waals surface area contributed by atoms with Crippen LogP contribution in [0.15, 0.2) is 40.7 Å². The van der Waals surface area contributed by atoms with Crippen LogP contribution in [0.3, 0.4) is 0 Å². The molecule has 1 aliphatic carbocycles. The van der Waals surface area contributed by atoms with Crippen LogP contribution in [-0.4, -0.2) is 6.21 Å². The van der Waals surface area contributed by atoms with Gasteiger partial charge in [-0.25, -0.2) is 5.53 Å². The first-order valence-electron chi connectivity index (χ1n) is 3.10. The number of rotatable bonds is 0. The maximum atomic E-state index is 3.80. The summed E-state index contributed by atoms with van der Waals surface area (Å²) in [6.07, 6.45) is 9.81. The van der Waals surface area contributed by atoms with Crippen molar-refractivity contribution in [3.63, 3.8) is 0 Å². The van der Waals surface area contributed by atoms with E-state index in [2.05, 4.69) is 16.1 Å². The molecule has 3 heteroatoms. The quantitative estimate of drug-likeness (QED) is 0.503. The first kappa shape index (κ1) is 5.29. The molecule has 0 aromatic rings. The van der Waals surface area contributed by atoms with E-state index in [1.807, 2.05) is 24.3 Å². The molecule has 0 bridgehead atoms. The second-order valence-electron chi connectivity index (χ2n) is 2.08. The maximum absolute atomic E-state index is 3.80. The molecule has 2 aliphatic rings. The van der Waals surface area contributed by atoms with Crippen LogP contribution in [-0.2, 0) is 0 Å². The monoisotopic (exact) mass is 133 g/mol. The van der Waals surface area contributed by atoms with Crippen molar-refractivity contribution < 1.29 is 0 Å². The van der Waals surface area contributed by atoms with Gasteiger partial charge in [0, 0.05) is 5.57 Å². The Morgan fingerprint density at radius 3 is 2.60 bits per heavy atom. The minimum atomic E-state index is 1.02. The first-order valence-corrected chi connectivity index (χ1v) is 3.10. The van der Waals surface area contributed by atoms with E-state index in [4.69, 9.17) is 0 Å². The number of hydrogen-bond acceptors (Lipinski definition) is 3. The summed E-state index contributed by atoms with van der Waals surface area (Å²) in [7, 11) is 0. The third-order valence-electron chi connectivity index (χ3n) is 1.42. The fourth-order valence-corrected chi connectivity index (χ4v) is 0.922. The molecule has 0 aromatic carbocycles. The van der Waals surface area contributed by atoms with Gasteiger partial charge in [0.1, 0.15) is 0 Å². The van der Waals surface area contributed by atoms with Gasteiger partial charge in [-0.1, -0.05) is 24.3 Å². The molecule has 3 nitrogen and oxygen atoms in total. The van der Waals surface area contributed by atoms with Gasteiger partial charge in [-0.05, 0) is 0 Å². The zero-order chi connectivity index (χ0) is 6.81. The molecule has 1 aliphatic heterocycles. The molecule has 2 N–H and O–H groups in total. The lowest BCUT2D eigenvalue weighted by molar-refractivity contribution is 0.688. The summed E-state index contributed by atoms with van der Waals surface area (Å²) in [6.45, 7) is 0. The van der Waals surface area contributed by atoms with Gasteiger partial charge in [-0.3, -0.25) is 5.43 Å². The van der Waals surface area contributed by atoms with Crippen LogP contribution in [0.2, 0.25) is 0 Å². The van der Waals surface area contributed by atoms with Gasteiger partial charge in [0.2, 0.25) is 0 Å². The molecule has 0 saturated heterocycles. The molecule has 50 valence electrons. The van der Waals surface area contributed by atoms with Crippen molar-refractivity contribution in [1.29, 1.82) is 0 Å². The summed E-state index contributed by atoms with van der Waals surface area (Å²) < 4.78 is 0. The summed E-state index contributed by atoms with van der Waals surface area (Å²) in [4.78, 5) is 0. The highest BCUT2D eigenvalue weighted by Crippen LogP contribution is 2.10. The molecule has 0 spiro atoms. The Balaban J connectivity index is 2.36. The molecule has 0 aromatic heterocycles. The Labute approximate surface area is 58.8 Å². The summed E-state index contributed by atoms with van der Waals surface area (Å²) in [5, 5.41) is 3.80. The van der Waals surface area contributed by atoms with Crippen LogP contribution < -0.4 is 11.0 Å². The van der Waals surface area contributed by atoms with Crippen LogP contribution in [0.5, 0.6) is 0 Å². The second kappa shape index (κ2) is 2.02. The number of nitrogens with zero attached hydrogens (tertiary/aromatic N) is 1. The predicted octanol–water partition coefficient (Wildman–Crippen LogP) is 0.460. The Hall–Kier alpha value is -1.51. The zero-order valence-corrected chi connectivity index (χ0v) is 5.33. The van der Waals surface area contributed by atoms with Crippen molar-refractivity contribution in [2.24, 2.45) is 5.10 Å². The summed E-state index contributed by atoms with van der Waals surface area (Å²) in [6, 6.07) is 0. The third kappa shape index (κ3) is 0.719. The average Bonchev–Trinajstić information content (AvgIpc) is 2.59. The predicted molar refractivity (Wildman–Crippen MR) is 40.1 cm³/mol. The summed E-state index contributed by atoms with van der Waals surface area (Å²) in [5.74, 6) is 0. The van der Waals surface area contributed by atoms with E-state index in [-0.39, 0.29) is 0 Å². The van der Waals surface area contributed by atoms with Crippen LogP contribution in [0.4, 0.5) is 0 Å². The molecule has 1 heterocycles. The molecule has 0 fully saturated rings. The molecule has 0 saturated carbocycles. The van der Waals surface area contributed by atoms with E-state index in [0.717, 1.165) is 11.3 Å². The minimum absolute atomic E-state index is 1.02. The van der Waals surface area contributed by atoms with Gasteiger partial charge < -0.3 is 0 Å². The number of hydrazine groups is 1. The average molecular weight is 133 g/mol. The Morgan fingerprint density at radius 1 is 1.20 bits per heavy atom. The van der Waals surface area contributed by atoms with Crippen LogP contribution in [0, 0.1) is 0 Å². The lowest BCUT2D eigenvalue weighted by atomic mass is 10.2. The SMILES string of the molecule is C1=CC(=C2C=NNN2)C=C1. The zero-order valence-electron chi connectivity index (χ0n) is 5.33. The molecule has 2 rings (SSSR count). The van der Waals surface area contributed by atoms with Crippen molar-refractivity contribution in [3.8, 4) is 0 Å². The molecule has 10 heavy (non-hydrogen) atoms. The molecular weight excluding hydrogens is 126 g/mol. The van der Waals surface area contributed by atoms with E-state index in [1.54, 1.807) is 6.21 Å². The molecule has 0 atom stereocenters. The van der Waals surface area contributed by atoms with Crippen molar-refractivity contribution in [2.45, 2.75) is 0 Å². The van der Waals surface area contributed by atoms with Gasteiger partial charge in [-0.2, -0.15) is 5.10 Å². The fraction of sp³-hybridized carbons (Fsp3) is 0. The topological polar surface area (TPSA) is 36.4 Å². The second-order valence-corrected chi connectivity index (χ2v) is 2.08. The van der Waals surface area contributed by atoms with Gasteiger partial charge in [0.05, 0.1) is 11.9 Å². The van der Waals surface area contributed by atoms with Crippen molar-refractivity contribution >= 4 is 6.21 Å². The van der Waals surface area contributed by atoms with Crippen molar-refractivity contribution in [3.05, 3.63) is 35.6 Å². The van der Waals surface area contributed by atoms with E-state index >= 15 is 0 Å². The summed E-state index contributed by atoms with van der Waals surface area (Å²) >= 11 is 0. The minimum Gasteiger partial charge on any atom is -0.283 e. The van der Waals surface area contributed by atoms with E-state index in [9.17, 15) is 0 Å². The Kier molecular flexibility index (Phi) is 1.07. The van der Waals surface area contributed by atoms with Gasteiger partial charge in [0.25, 0.3) is 0 Å². The third-order valence-corrected chi connectivity index (χ3v) is 1.42. The van der Waals surface area contributed by atoms with Crippen molar-refractivity contribution in [2.75, 3.05) is 0 Å². The number of nitrogens with one attached hydrogen (secondary N) is 2. The van der Waals surface area contributed by atoms with Gasteiger partial charge in [-0.15, -0.1) is 0 Å². The van der Waals surface area contributed by atoms with E-state index in [0.29, 0.717) is 0 Å². The molecular formula is C7H7N3. The van der Waals surface area contributed by atoms with Crippen LogP contribution >= 0.6 is 0 Å². The molecule has 0 amide bonds. The van der Waals surface area contributed by atoms with Crippen LogP contribution in [0.1, 0.15) is 0 Å². The first-order chi connectivity index (χ1) is 4.97. The number of hydrogen-bond donors (Lipinski definition) is 2. The number of hydrazone groups is 1.